The van der Waals surface area contributed by atoms with Crippen LogP contribution in [0.2, 0.25) is 0 Å². The molecule has 170 valence electrons. The van der Waals surface area contributed by atoms with E-state index >= 15 is 0 Å². The van der Waals surface area contributed by atoms with E-state index in [1.54, 1.807) is 29.2 Å². The van der Waals surface area contributed by atoms with E-state index in [9.17, 15) is 14.7 Å². The molecule has 0 radical (unpaired) electrons. The van der Waals surface area contributed by atoms with Gasteiger partial charge in [-0.3, -0.25) is 9.59 Å². The van der Waals surface area contributed by atoms with Gasteiger partial charge in [0, 0.05) is 23.1 Å². The molecule has 2 aromatic carbocycles. The molecule has 6 nitrogen and oxygen atoms in total. The maximum Gasteiger partial charge on any atom is 0.295 e. The predicted molar refractivity (Wildman–Crippen MR) is 129 cm³/mol. The Morgan fingerprint density at radius 2 is 1.78 bits per heavy atom. The van der Waals surface area contributed by atoms with Crippen LogP contribution in [0.1, 0.15) is 37.9 Å². The molecule has 1 heterocycles. The van der Waals surface area contributed by atoms with Gasteiger partial charge in [0.05, 0.1) is 18.2 Å². The standard InChI is InChI=1S/C25H29BrN2O4/c1-4-27(5-2)14-15-28-22(18-8-7-9-19(26)16-18)21(24(30)25(28)31)23(29)17-10-12-20(13-11-17)32-6-3/h7-13,16,22,29H,4-6,14-15H2,1-3H3/b23-21+/t22-/m0/s1. The lowest BCUT2D eigenvalue weighted by Crippen LogP contribution is -2.38. The summed E-state index contributed by atoms with van der Waals surface area (Å²) in [5.74, 6) is -0.760. The third kappa shape index (κ3) is 5.05. The number of ether oxygens (including phenoxy) is 1. The van der Waals surface area contributed by atoms with Crippen molar-refractivity contribution >= 4 is 33.4 Å². The highest BCUT2D eigenvalue weighted by molar-refractivity contribution is 9.10. The Balaban J connectivity index is 2.06. The molecule has 1 fully saturated rings. The van der Waals surface area contributed by atoms with Crippen molar-refractivity contribution in [3.05, 3.63) is 69.7 Å². The number of aliphatic hydroxyl groups is 1. The number of carbonyl (C=O) groups is 2. The lowest BCUT2D eigenvalue weighted by Gasteiger charge is -2.28. The Bertz CT molecular complexity index is 999. The molecule has 1 saturated heterocycles. The van der Waals surface area contributed by atoms with Crippen LogP contribution < -0.4 is 4.74 Å². The van der Waals surface area contributed by atoms with Crippen LogP contribution in [0, 0.1) is 0 Å². The number of nitrogens with zero attached hydrogens (tertiary/aromatic N) is 2. The van der Waals surface area contributed by atoms with Crippen LogP contribution in [0.15, 0.2) is 58.6 Å². The number of halogens is 1. The summed E-state index contributed by atoms with van der Waals surface area (Å²) in [5.41, 5.74) is 1.35. The van der Waals surface area contributed by atoms with Gasteiger partial charge in [-0.15, -0.1) is 0 Å². The van der Waals surface area contributed by atoms with Crippen molar-refractivity contribution in [3.63, 3.8) is 0 Å². The van der Waals surface area contributed by atoms with Crippen LogP contribution in [-0.4, -0.2) is 59.4 Å². The smallest absolute Gasteiger partial charge is 0.295 e. The summed E-state index contributed by atoms with van der Waals surface area (Å²) in [6.45, 7) is 9.31. The molecule has 1 amide bonds. The third-order valence-electron chi connectivity index (χ3n) is 5.69. The molecule has 0 aromatic heterocycles. The number of benzene rings is 2. The van der Waals surface area contributed by atoms with E-state index in [4.69, 9.17) is 4.74 Å². The number of carbonyl (C=O) groups excluding carboxylic acids is 2. The first-order valence-electron chi connectivity index (χ1n) is 10.9. The summed E-state index contributed by atoms with van der Waals surface area (Å²) < 4.78 is 6.30. The molecule has 32 heavy (non-hydrogen) atoms. The van der Waals surface area contributed by atoms with E-state index in [2.05, 4.69) is 34.7 Å². The minimum atomic E-state index is -0.666. The summed E-state index contributed by atoms with van der Waals surface area (Å²) in [5, 5.41) is 11.1. The molecule has 1 N–H and O–H groups in total. The normalized spacial score (nSPS) is 17.9. The van der Waals surface area contributed by atoms with Gasteiger partial charge >= 0.3 is 0 Å². The number of likely N-dealkylation sites (tertiary alicyclic amines) is 1. The van der Waals surface area contributed by atoms with Crippen molar-refractivity contribution in [2.24, 2.45) is 0 Å². The van der Waals surface area contributed by atoms with Crippen LogP contribution in [0.5, 0.6) is 5.75 Å². The molecular formula is C25H29BrN2O4. The first-order valence-corrected chi connectivity index (χ1v) is 11.7. The highest BCUT2D eigenvalue weighted by Crippen LogP contribution is 2.40. The second kappa shape index (κ2) is 10.8. The van der Waals surface area contributed by atoms with E-state index in [0.29, 0.717) is 31.0 Å². The zero-order chi connectivity index (χ0) is 23.3. The fraction of sp³-hybridized carbons (Fsp3) is 0.360. The van der Waals surface area contributed by atoms with Crippen molar-refractivity contribution in [1.82, 2.24) is 9.80 Å². The van der Waals surface area contributed by atoms with Crippen LogP contribution in [0.3, 0.4) is 0 Å². The van der Waals surface area contributed by atoms with Crippen molar-refractivity contribution in [1.29, 1.82) is 0 Å². The summed E-state index contributed by atoms with van der Waals surface area (Å²) in [4.78, 5) is 29.9. The van der Waals surface area contributed by atoms with E-state index in [-0.39, 0.29) is 11.3 Å². The molecule has 0 unspecified atom stereocenters. The SMILES string of the molecule is CCOc1ccc(/C(O)=C2\C(=O)C(=O)N(CCN(CC)CC)[C@H]2c2cccc(Br)c2)cc1. The lowest BCUT2D eigenvalue weighted by molar-refractivity contribution is -0.140. The zero-order valence-electron chi connectivity index (χ0n) is 18.7. The monoisotopic (exact) mass is 500 g/mol. The van der Waals surface area contributed by atoms with E-state index in [1.807, 2.05) is 31.2 Å². The minimum absolute atomic E-state index is 0.108. The Hall–Kier alpha value is -2.64. The average Bonchev–Trinajstić information content (AvgIpc) is 3.05. The van der Waals surface area contributed by atoms with Gasteiger partial charge in [0.1, 0.15) is 11.5 Å². The third-order valence-corrected chi connectivity index (χ3v) is 6.19. The molecule has 1 aliphatic rings. The largest absolute Gasteiger partial charge is 0.507 e. The number of amides is 1. The highest BCUT2D eigenvalue weighted by atomic mass is 79.9. The van der Waals surface area contributed by atoms with Crippen molar-refractivity contribution in [2.75, 3.05) is 32.8 Å². The molecule has 0 saturated carbocycles. The Labute approximate surface area is 197 Å². The van der Waals surface area contributed by atoms with Crippen LogP contribution >= 0.6 is 15.9 Å². The number of rotatable bonds is 9. The van der Waals surface area contributed by atoms with Crippen LogP contribution in [0.4, 0.5) is 0 Å². The molecule has 3 rings (SSSR count). The molecule has 0 spiro atoms. The minimum Gasteiger partial charge on any atom is -0.507 e. The van der Waals surface area contributed by atoms with Gasteiger partial charge in [-0.25, -0.2) is 0 Å². The van der Waals surface area contributed by atoms with Gasteiger partial charge < -0.3 is 19.6 Å². The van der Waals surface area contributed by atoms with Gasteiger partial charge in [0.25, 0.3) is 11.7 Å². The predicted octanol–water partition coefficient (Wildman–Crippen LogP) is 4.61. The van der Waals surface area contributed by atoms with Crippen molar-refractivity contribution in [2.45, 2.75) is 26.8 Å². The van der Waals surface area contributed by atoms with Gasteiger partial charge in [-0.05, 0) is 62.0 Å². The summed E-state index contributed by atoms with van der Waals surface area (Å²) in [7, 11) is 0. The molecule has 0 bridgehead atoms. The number of likely N-dealkylation sites (N-methyl/N-ethyl adjacent to an activating group) is 1. The summed E-state index contributed by atoms with van der Waals surface area (Å²) >= 11 is 3.48. The van der Waals surface area contributed by atoms with E-state index < -0.39 is 17.7 Å². The molecule has 2 aromatic rings. The molecule has 1 atom stereocenters. The fourth-order valence-corrected chi connectivity index (χ4v) is 4.37. The van der Waals surface area contributed by atoms with Gasteiger partial charge in [-0.1, -0.05) is 41.9 Å². The van der Waals surface area contributed by atoms with Gasteiger partial charge in [-0.2, -0.15) is 0 Å². The Morgan fingerprint density at radius 1 is 1.09 bits per heavy atom. The van der Waals surface area contributed by atoms with Crippen LogP contribution in [0.25, 0.3) is 5.76 Å². The lowest BCUT2D eigenvalue weighted by atomic mass is 9.95. The first-order chi connectivity index (χ1) is 15.4. The topological polar surface area (TPSA) is 70.1 Å². The second-order valence-electron chi connectivity index (χ2n) is 7.53. The quantitative estimate of drug-likeness (QED) is 0.309. The molecule has 1 aliphatic heterocycles. The summed E-state index contributed by atoms with van der Waals surface area (Å²) in [6.07, 6.45) is 0. The Morgan fingerprint density at radius 3 is 2.38 bits per heavy atom. The average molecular weight is 501 g/mol. The maximum atomic E-state index is 13.1. The first kappa shape index (κ1) is 24.0. The number of aliphatic hydroxyl groups excluding tert-OH is 1. The summed E-state index contributed by atoms with van der Waals surface area (Å²) in [6, 6.07) is 13.7. The maximum absolute atomic E-state index is 13.1. The van der Waals surface area contributed by atoms with Crippen LogP contribution in [-0.2, 0) is 9.59 Å². The van der Waals surface area contributed by atoms with Crippen molar-refractivity contribution < 1.29 is 19.4 Å². The van der Waals surface area contributed by atoms with Gasteiger partial charge in [0.2, 0.25) is 0 Å². The number of hydrogen-bond donors (Lipinski definition) is 1. The zero-order valence-corrected chi connectivity index (χ0v) is 20.3. The Kier molecular flexibility index (Phi) is 8.10. The van der Waals surface area contributed by atoms with Gasteiger partial charge in [0.15, 0.2) is 0 Å². The molecular weight excluding hydrogens is 472 g/mol. The number of hydrogen-bond acceptors (Lipinski definition) is 5. The van der Waals surface area contributed by atoms with E-state index in [1.165, 1.54) is 0 Å². The number of Topliss-reactive ketones (excluding diaryl/α,β-unsaturated/α-hetero) is 1. The fourth-order valence-electron chi connectivity index (χ4n) is 3.95. The van der Waals surface area contributed by atoms with E-state index in [0.717, 1.165) is 23.1 Å². The van der Waals surface area contributed by atoms with Crippen molar-refractivity contribution in [3.8, 4) is 5.75 Å². The second-order valence-corrected chi connectivity index (χ2v) is 8.45. The molecule has 7 heteroatoms. The highest BCUT2D eigenvalue weighted by Gasteiger charge is 2.46. The number of ketones is 1. The molecule has 0 aliphatic carbocycles.